The number of hydrogen-bond donors (Lipinski definition) is 1. The summed E-state index contributed by atoms with van der Waals surface area (Å²) in [5.74, 6) is -0.970. The summed E-state index contributed by atoms with van der Waals surface area (Å²) in [6, 6.07) is 0. The molecule has 0 aromatic heterocycles. The molecule has 0 spiro atoms. The molecular formula is C7H9Cl2NO2. The number of halogens is 2. The van der Waals surface area contributed by atoms with Gasteiger partial charge < -0.3 is 5.11 Å². The predicted molar refractivity (Wildman–Crippen MR) is 47.4 cm³/mol. The van der Waals surface area contributed by atoms with Gasteiger partial charge in [-0.25, -0.2) is 0 Å². The van der Waals surface area contributed by atoms with Crippen molar-refractivity contribution in [1.82, 2.24) is 4.90 Å². The number of carbonyl (C=O) groups is 1. The van der Waals surface area contributed by atoms with Crippen LogP contribution in [0.3, 0.4) is 0 Å². The van der Waals surface area contributed by atoms with Crippen molar-refractivity contribution in [3.8, 4) is 0 Å². The summed E-state index contributed by atoms with van der Waals surface area (Å²) in [7, 11) is 0. The van der Waals surface area contributed by atoms with E-state index in [0.29, 0.717) is 24.7 Å². The van der Waals surface area contributed by atoms with E-state index in [9.17, 15) is 4.79 Å². The summed E-state index contributed by atoms with van der Waals surface area (Å²) < 4.78 is 0. The van der Waals surface area contributed by atoms with Gasteiger partial charge in [0.1, 0.15) is 0 Å². The number of carboxylic acids is 1. The van der Waals surface area contributed by atoms with Gasteiger partial charge >= 0.3 is 5.97 Å². The molecule has 0 aliphatic carbocycles. The Morgan fingerprint density at radius 1 is 1.67 bits per heavy atom. The van der Waals surface area contributed by atoms with Crippen LogP contribution in [0.4, 0.5) is 0 Å². The summed E-state index contributed by atoms with van der Waals surface area (Å²) in [5.41, 5.74) is 1.30. The van der Waals surface area contributed by atoms with Gasteiger partial charge in [0.15, 0.2) is 0 Å². The summed E-state index contributed by atoms with van der Waals surface area (Å²) in [6.45, 7) is 1.68. The van der Waals surface area contributed by atoms with E-state index in [1.165, 1.54) is 5.54 Å². The first-order valence-corrected chi connectivity index (χ1v) is 4.35. The Morgan fingerprint density at radius 3 is 2.67 bits per heavy atom. The molecule has 0 atom stereocenters. The lowest BCUT2D eigenvalue weighted by Crippen LogP contribution is -2.50. The minimum Gasteiger partial charge on any atom is -0.481 e. The van der Waals surface area contributed by atoms with Crippen molar-refractivity contribution in [1.29, 1.82) is 0 Å². The third-order valence-electron chi connectivity index (χ3n) is 1.80. The highest BCUT2D eigenvalue weighted by Gasteiger charge is 2.32. The molecule has 1 fully saturated rings. The summed E-state index contributed by atoms with van der Waals surface area (Å²) in [4.78, 5) is 12.3. The van der Waals surface area contributed by atoms with Crippen LogP contribution < -0.4 is 0 Å². The number of rotatable bonds is 3. The van der Waals surface area contributed by atoms with Gasteiger partial charge in [-0.15, -0.1) is 0 Å². The van der Waals surface area contributed by atoms with Crippen molar-refractivity contribution in [3.05, 3.63) is 10.6 Å². The van der Waals surface area contributed by atoms with Crippen molar-refractivity contribution in [2.45, 2.75) is 0 Å². The molecule has 1 N–H and O–H groups in total. The van der Waals surface area contributed by atoms with Gasteiger partial charge in [0.25, 0.3) is 0 Å². The molecule has 12 heavy (non-hydrogen) atoms. The zero-order chi connectivity index (χ0) is 9.14. The predicted octanol–water partition coefficient (Wildman–Crippen LogP) is 1.32. The van der Waals surface area contributed by atoms with Crippen LogP contribution in [0.25, 0.3) is 0 Å². The van der Waals surface area contributed by atoms with E-state index in [1.807, 2.05) is 4.90 Å². The molecule has 1 aliphatic rings. The van der Waals surface area contributed by atoms with Crippen LogP contribution in [0.1, 0.15) is 0 Å². The minimum atomic E-state index is -0.739. The molecule has 68 valence electrons. The van der Waals surface area contributed by atoms with Crippen LogP contribution in [0, 0.1) is 5.92 Å². The molecule has 0 bridgehead atoms. The molecule has 0 saturated carbocycles. The lowest BCUT2D eigenvalue weighted by atomic mass is 10.0. The topological polar surface area (TPSA) is 40.5 Å². The third kappa shape index (κ3) is 2.37. The van der Waals surface area contributed by atoms with Gasteiger partial charge in [-0.05, 0) is 0 Å². The van der Waals surface area contributed by atoms with Crippen LogP contribution in [0.15, 0.2) is 10.6 Å². The van der Waals surface area contributed by atoms with Gasteiger partial charge in [-0.1, -0.05) is 23.2 Å². The summed E-state index contributed by atoms with van der Waals surface area (Å²) >= 11 is 11.0. The number of hydrogen-bond acceptors (Lipinski definition) is 2. The Kier molecular flexibility index (Phi) is 3.38. The summed E-state index contributed by atoms with van der Waals surface area (Å²) in [5, 5.41) is 9.08. The van der Waals surface area contributed by atoms with Gasteiger partial charge in [0.05, 0.1) is 5.92 Å². The number of nitrogens with zero attached hydrogens (tertiary/aromatic N) is 1. The standard InChI is InChI=1S/C7H9Cl2NO2/c8-1-6(9)4-10-2-5(3-10)7(11)12/h1,5H,2-4H2,(H,11,12)/b6-1-. The third-order valence-corrected chi connectivity index (χ3v) is 2.40. The molecule has 0 radical (unpaired) electrons. The molecule has 1 aliphatic heterocycles. The highest BCUT2D eigenvalue weighted by Crippen LogP contribution is 2.18. The molecule has 0 unspecified atom stereocenters. The maximum Gasteiger partial charge on any atom is 0.309 e. The van der Waals surface area contributed by atoms with Gasteiger partial charge in [0.2, 0.25) is 0 Å². The van der Waals surface area contributed by atoms with Crippen molar-refractivity contribution in [3.63, 3.8) is 0 Å². The molecule has 0 amide bonds. The smallest absolute Gasteiger partial charge is 0.309 e. The second-order valence-corrected chi connectivity index (χ2v) is 3.49. The molecule has 1 rings (SSSR count). The monoisotopic (exact) mass is 209 g/mol. The molecular weight excluding hydrogens is 201 g/mol. The van der Waals surface area contributed by atoms with Gasteiger partial charge in [0, 0.05) is 30.2 Å². The number of carboxylic acid groups (broad SMARTS) is 1. The van der Waals surface area contributed by atoms with E-state index < -0.39 is 5.97 Å². The highest BCUT2D eigenvalue weighted by atomic mass is 35.5. The second-order valence-electron chi connectivity index (χ2n) is 2.79. The molecule has 5 heteroatoms. The average Bonchev–Trinajstić information content (AvgIpc) is 1.94. The van der Waals surface area contributed by atoms with Gasteiger partial charge in [-0.3, -0.25) is 9.69 Å². The zero-order valence-corrected chi connectivity index (χ0v) is 7.85. The lowest BCUT2D eigenvalue weighted by Gasteiger charge is -2.36. The van der Waals surface area contributed by atoms with E-state index >= 15 is 0 Å². The van der Waals surface area contributed by atoms with Crippen LogP contribution in [0.5, 0.6) is 0 Å². The first-order valence-electron chi connectivity index (χ1n) is 3.53. The van der Waals surface area contributed by atoms with E-state index in [0.717, 1.165) is 0 Å². The van der Waals surface area contributed by atoms with E-state index in [-0.39, 0.29) is 5.92 Å². The molecule has 1 heterocycles. The fourth-order valence-corrected chi connectivity index (χ4v) is 1.34. The van der Waals surface area contributed by atoms with E-state index in [4.69, 9.17) is 28.3 Å². The van der Waals surface area contributed by atoms with Crippen LogP contribution in [0.2, 0.25) is 0 Å². The average molecular weight is 210 g/mol. The largest absolute Gasteiger partial charge is 0.481 e. The first-order chi connectivity index (χ1) is 5.63. The molecule has 1 saturated heterocycles. The van der Waals surface area contributed by atoms with E-state index in [2.05, 4.69) is 0 Å². The van der Waals surface area contributed by atoms with Gasteiger partial charge in [-0.2, -0.15) is 0 Å². The Bertz CT molecular complexity index is 211. The Labute approximate surface area is 80.6 Å². The zero-order valence-electron chi connectivity index (χ0n) is 6.33. The fourth-order valence-electron chi connectivity index (χ4n) is 1.10. The number of likely N-dealkylation sites (tertiary alicyclic amines) is 1. The van der Waals surface area contributed by atoms with E-state index in [1.54, 1.807) is 0 Å². The molecule has 3 nitrogen and oxygen atoms in total. The quantitative estimate of drug-likeness (QED) is 0.763. The lowest BCUT2D eigenvalue weighted by molar-refractivity contribution is -0.147. The molecule has 0 aromatic carbocycles. The maximum atomic E-state index is 10.4. The normalized spacial score (nSPS) is 20.7. The maximum absolute atomic E-state index is 10.4. The highest BCUT2D eigenvalue weighted by molar-refractivity contribution is 6.36. The Balaban J connectivity index is 2.22. The van der Waals surface area contributed by atoms with Crippen molar-refractivity contribution in [2.24, 2.45) is 5.92 Å². The first kappa shape index (κ1) is 9.84. The second kappa shape index (κ2) is 4.12. The van der Waals surface area contributed by atoms with Crippen molar-refractivity contribution >= 4 is 29.2 Å². The summed E-state index contributed by atoms with van der Waals surface area (Å²) in [6.07, 6.45) is 0. The minimum absolute atomic E-state index is 0.232. The molecule has 0 aromatic rings. The van der Waals surface area contributed by atoms with Crippen LogP contribution >= 0.6 is 23.2 Å². The van der Waals surface area contributed by atoms with Crippen LogP contribution in [-0.2, 0) is 4.79 Å². The SMILES string of the molecule is O=C(O)C1CN(C/C(Cl)=C/Cl)C1. The fraction of sp³-hybridized carbons (Fsp3) is 0.571. The Hall–Kier alpha value is -0.250. The van der Waals surface area contributed by atoms with Crippen molar-refractivity contribution < 1.29 is 9.90 Å². The Morgan fingerprint density at radius 2 is 2.25 bits per heavy atom. The van der Waals surface area contributed by atoms with Crippen LogP contribution in [-0.4, -0.2) is 35.6 Å². The number of aliphatic carboxylic acids is 1. The van der Waals surface area contributed by atoms with Crippen molar-refractivity contribution in [2.75, 3.05) is 19.6 Å².